The molecule has 9 nitrogen and oxygen atoms in total. The molecule has 1 aliphatic rings. The van der Waals surface area contributed by atoms with E-state index in [0.717, 1.165) is 42.0 Å². The van der Waals surface area contributed by atoms with Gasteiger partial charge in [-0.3, -0.25) is 14.2 Å². The van der Waals surface area contributed by atoms with E-state index >= 15 is 0 Å². The first-order valence-electron chi connectivity index (χ1n) is 11.1. The van der Waals surface area contributed by atoms with Crippen molar-refractivity contribution in [2.75, 3.05) is 0 Å². The summed E-state index contributed by atoms with van der Waals surface area (Å²) in [7, 11) is 0. The molecule has 32 heavy (non-hydrogen) atoms. The van der Waals surface area contributed by atoms with Gasteiger partial charge in [-0.2, -0.15) is 10.2 Å². The average molecular weight is 434 g/mol. The van der Waals surface area contributed by atoms with E-state index in [4.69, 9.17) is 4.52 Å². The van der Waals surface area contributed by atoms with Gasteiger partial charge in [0, 0.05) is 41.7 Å². The second-order valence-electron chi connectivity index (χ2n) is 8.59. The van der Waals surface area contributed by atoms with Crippen LogP contribution in [0.25, 0.3) is 22.4 Å². The molecule has 4 aromatic heterocycles. The molecular formula is C23H27N7O2. The fourth-order valence-corrected chi connectivity index (χ4v) is 4.11. The summed E-state index contributed by atoms with van der Waals surface area (Å²) in [6, 6.07) is 3.74. The summed E-state index contributed by atoms with van der Waals surface area (Å²) >= 11 is 0. The van der Waals surface area contributed by atoms with Gasteiger partial charge >= 0.3 is 0 Å². The summed E-state index contributed by atoms with van der Waals surface area (Å²) in [5.74, 6) is 0.217. The van der Waals surface area contributed by atoms with E-state index in [1.54, 1.807) is 6.20 Å². The van der Waals surface area contributed by atoms with E-state index in [-0.39, 0.29) is 11.9 Å². The van der Waals surface area contributed by atoms with Crippen molar-refractivity contribution in [3.05, 3.63) is 47.2 Å². The maximum absolute atomic E-state index is 13.4. The highest BCUT2D eigenvalue weighted by atomic mass is 16.5. The van der Waals surface area contributed by atoms with Crippen LogP contribution >= 0.6 is 0 Å². The van der Waals surface area contributed by atoms with E-state index in [1.807, 2.05) is 55.4 Å². The van der Waals surface area contributed by atoms with Crippen molar-refractivity contribution in [3.8, 4) is 11.3 Å². The lowest BCUT2D eigenvalue weighted by atomic mass is 10.0. The minimum atomic E-state index is -0.166. The number of rotatable bonds is 7. The van der Waals surface area contributed by atoms with Gasteiger partial charge in [0.1, 0.15) is 5.69 Å². The van der Waals surface area contributed by atoms with Gasteiger partial charge in [-0.15, -0.1) is 0 Å². The van der Waals surface area contributed by atoms with Gasteiger partial charge in [0.25, 0.3) is 11.6 Å². The molecule has 0 saturated heterocycles. The van der Waals surface area contributed by atoms with E-state index in [9.17, 15) is 4.79 Å². The summed E-state index contributed by atoms with van der Waals surface area (Å²) in [5.41, 5.74) is 5.21. The van der Waals surface area contributed by atoms with Crippen LogP contribution in [0.5, 0.6) is 0 Å². The Kier molecular flexibility index (Phi) is 5.03. The summed E-state index contributed by atoms with van der Waals surface area (Å²) in [4.78, 5) is 18.1. The van der Waals surface area contributed by atoms with Crippen molar-refractivity contribution >= 4 is 17.0 Å². The minimum absolute atomic E-state index is 0.109. The van der Waals surface area contributed by atoms with E-state index in [0.29, 0.717) is 34.8 Å². The van der Waals surface area contributed by atoms with Gasteiger partial charge in [-0.05, 0) is 52.7 Å². The van der Waals surface area contributed by atoms with Crippen molar-refractivity contribution in [1.82, 2.24) is 35.0 Å². The number of pyridine rings is 1. The van der Waals surface area contributed by atoms with Crippen LogP contribution in [-0.4, -0.2) is 41.7 Å². The quantitative estimate of drug-likeness (QED) is 0.477. The number of amides is 1. The molecule has 0 aliphatic heterocycles. The smallest absolute Gasteiger partial charge is 0.259 e. The molecule has 4 heterocycles. The maximum atomic E-state index is 13.4. The lowest BCUT2D eigenvalue weighted by Crippen LogP contribution is -2.36. The number of aryl methyl sites for hydroxylation is 2. The first kappa shape index (κ1) is 20.4. The Bertz CT molecular complexity index is 1300. The van der Waals surface area contributed by atoms with Gasteiger partial charge < -0.3 is 9.84 Å². The monoisotopic (exact) mass is 433 g/mol. The number of nitrogens with zero attached hydrogens (tertiary/aromatic N) is 6. The van der Waals surface area contributed by atoms with Crippen molar-refractivity contribution in [1.29, 1.82) is 0 Å². The third kappa shape index (κ3) is 3.68. The van der Waals surface area contributed by atoms with Crippen LogP contribution in [0.1, 0.15) is 60.0 Å². The van der Waals surface area contributed by atoms with Gasteiger partial charge in [-0.1, -0.05) is 5.16 Å². The molecule has 1 aliphatic carbocycles. The number of carbonyl (C=O) groups is 1. The van der Waals surface area contributed by atoms with Crippen LogP contribution < -0.4 is 5.32 Å². The second kappa shape index (κ2) is 7.89. The predicted molar refractivity (Wildman–Crippen MR) is 119 cm³/mol. The molecule has 9 heteroatoms. The summed E-state index contributed by atoms with van der Waals surface area (Å²) < 4.78 is 9.36. The second-order valence-corrected chi connectivity index (χ2v) is 8.59. The molecule has 0 radical (unpaired) electrons. The van der Waals surface area contributed by atoms with Crippen molar-refractivity contribution in [2.24, 2.45) is 0 Å². The Labute approximate surface area is 185 Å². The third-order valence-electron chi connectivity index (χ3n) is 5.98. The van der Waals surface area contributed by atoms with Crippen LogP contribution in [0.4, 0.5) is 0 Å². The molecule has 1 N–H and O–H groups in total. The number of hydrogen-bond donors (Lipinski definition) is 1. The topological polar surface area (TPSA) is 104 Å². The first-order valence-corrected chi connectivity index (χ1v) is 11.1. The molecule has 1 amide bonds. The molecule has 1 atom stereocenters. The maximum Gasteiger partial charge on any atom is 0.259 e. The Morgan fingerprint density at radius 3 is 2.81 bits per heavy atom. The molecule has 4 aromatic rings. The van der Waals surface area contributed by atoms with Crippen LogP contribution in [0, 0.1) is 13.8 Å². The fraction of sp³-hybridized carbons (Fsp3) is 0.435. The van der Waals surface area contributed by atoms with Crippen LogP contribution in [0.15, 0.2) is 29.0 Å². The van der Waals surface area contributed by atoms with Gasteiger partial charge in [0.05, 0.1) is 29.4 Å². The SMILES string of the molecule is CCn1ncc(-c2noc3nc(C4CC4)cc(C(=O)N[C@@H](C)Cn4ccc(C)n4)c23)c1C. The van der Waals surface area contributed by atoms with E-state index in [1.165, 1.54) is 0 Å². The molecular weight excluding hydrogens is 406 g/mol. The summed E-state index contributed by atoms with van der Waals surface area (Å²) in [6.07, 6.45) is 5.85. The summed E-state index contributed by atoms with van der Waals surface area (Å²) in [6.45, 7) is 9.29. The highest BCUT2D eigenvalue weighted by Gasteiger charge is 2.30. The van der Waals surface area contributed by atoms with Gasteiger partial charge in [0.2, 0.25) is 0 Å². The number of nitrogens with one attached hydrogen (secondary N) is 1. The third-order valence-corrected chi connectivity index (χ3v) is 5.98. The molecule has 1 fully saturated rings. The van der Waals surface area contributed by atoms with Crippen LogP contribution in [0.2, 0.25) is 0 Å². The van der Waals surface area contributed by atoms with Gasteiger partial charge in [-0.25, -0.2) is 4.98 Å². The average Bonchev–Trinajstić information content (AvgIpc) is 3.26. The fourth-order valence-electron chi connectivity index (χ4n) is 4.11. The lowest BCUT2D eigenvalue weighted by molar-refractivity contribution is 0.0937. The number of aromatic nitrogens is 6. The molecule has 1 saturated carbocycles. The van der Waals surface area contributed by atoms with E-state index < -0.39 is 0 Å². The normalized spacial score (nSPS) is 14.8. The van der Waals surface area contributed by atoms with E-state index in [2.05, 4.69) is 25.7 Å². The Hall–Kier alpha value is -3.49. The molecule has 0 bridgehead atoms. The highest BCUT2D eigenvalue weighted by molar-refractivity contribution is 6.09. The van der Waals surface area contributed by atoms with Crippen molar-refractivity contribution in [2.45, 2.75) is 65.6 Å². The van der Waals surface area contributed by atoms with Crippen molar-refractivity contribution < 1.29 is 9.32 Å². The Balaban J connectivity index is 1.53. The standard InChI is InChI=1S/C23H27N7O2/c1-5-30-15(4)18(11-24-30)21-20-17(10-19(16-6-7-16)26-23(20)32-28-21)22(31)25-14(3)12-29-9-8-13(2)27-29/h8-11,14,16H,5-7,12H2,1-4H3,(H,25,31)/t14-/m0/s1. The molecule has 166 valence electrons. The zero-order valence-corrected chi connectivity index (χ0v) is 18.8. The largest absolute Gasteiger partial charge is 0.348 e. The first-order chi connectivity index (χ1) is 15.4. The minimum Gasteiger partial charge on any atom is -0.348 e. The van der Waals surface area contributed by atoms with Crippen LogP contribution in [-0.2, 0) is 13.1 Å². The lowest BCUT2D eigenvalue weighted by Gasteiger charge is -2.15. The van der Waals surface area contributed by atoms with Crippen molar-refractivity contribution in [3.63, 3.8) is 0 Å². The highest BCUT2D eigenvalue weighted by Crippen LogP contribution is 2.41. The number of carbonyl (C=O) groups excluding carboxylic acids is 1. The number of hydrogen-bond acceptors (Lipinski definition) is 6. The molecule has 0 spiro atoms. The zero-order valence-electron chi connectivity index (χ0n) is 18.8. The summed E-state index contributed by atoms with van der Waals surface area (Å²) in [5, 5.41) is 16.9. The molecule has 0 aromatic carbocycles. The molecule has 0 unspecified atom stereocenters. The van der Waals surface area contributed by atoms with Crippen LogP contribution in [0.3, 0.4) is 0 Å². The number of fused-ring (bicyclic) bond motifs is 1. The molecule has 5 rings (SSSR count). The Morgan fingerprint density at radius 1 is 1.34 bits per heavy atom. The zero-order chi connectivity index (χ0) is 22.4. The predicted octanol–water partition coefficient (Wildman–Crippen LogP) is 3.62. The Morgan fingerprint density at radius 2 is 2.16 bits per heavy atom. The van der Waals surface area contributed by atoms with Gasteiger partial charge in [0.15, 0.2) is 0 Å².